The Labute approximate surface area is 136 Å². The Morgan fingerprint density at radius 1 is 1.21 bits per heavy atom. The summed E-state index contributed by atoms with van der Waals surface area (Å²) in [4.78, 5) is 22.5. The molecule has 6 nitrogen and oxygen atoms in total. The van der Waals surface area contributed by atoms with E-state index in [2.05, 4.69) is 0 Å². The number of aryl methyl sites for hydroxylation is 1. The number of aliphatic carboxylic acids is 1. The van der Waals surface area contributed by atoms with E-state index in [1.807, 2.05) is 5.32 Å². The van der Waals surface area contributed by atoms with Crippen molar-refractivity contribution in [3.8, 4) is 11.5 Å². The molecule has 1 atom stereocenters. The number of nitrogens with one attached hydrogen (secondary N) is 1. The molecule has 0 fully saturated rings. The van der Waals surface area contributed by atoms with Gasteiger partial charge in [0.2, 0.25) is 5.91 Å². The maximum absolute atomic E-state index is 12.3. The van der Waals surface area contributed by atoms with Crippen molar-refractivity contribution in [1.29, 1.82) is 0 Å². The standard InChI is InChI=1S/C15H18F3NO5/c1-23-11-5-3-9(7-12(11)24-2)4-6-13(20)19-10(14(21)22)8-15(16,17)18/h3,5,7,10H,4,6,8H2,1-2H3,(H,19,20)(H,21,22). The number of halogens is 3. The smallest absolute Gasteiger partial charge is 0.391 e. The monoisotopic (exact) mass is 349 g/mol. The van der Waals surface area contributed by atoms with Crippen LogP contribution in [0.4, 0.5) is 13.2 Å². The number of carboxylic acids is 1. The third-order valence-corrected chi connectivity index (χ3v) is 3.16. The highest BCUT2D eigenvalue weighted by Gasteiger charge is 2.36. The summed E-state index contributed by atoms with van der Waals surface area (Å²) in [6, 6.07) is 2.95. The molecule has 0 aliphatic carbocycles. The Balaban J connectivity index is 2.63. The number of hydrogen-bond donors (Lipinski definition) is 2. The maximum atomic E-state index is 12.3. The van der Waals surface area contributed by atoms with Crippen molar-refractivity contribution in [3.05, 3.63) is 23.8 Å². The molecule has 9 heteroatoms. The predicted octanol–water partition coefficient (Wildman–Crippen LogP) is 2.16. The highest BCUT2D eigenvalue weighted by molar-refractivity contribution is 5.83. The summed E-state index contributed by atoms with van der Waals surface area (Å²) in [6.07, 6.45) is -6.24. The molecular formula is C15H18F3NO5. The number of amides is 1. The third-order valence-electron chi connectivity index (χ3n) is 3.16. The summed E-state index contributed by atoms with van der Waals surface area (Å²) in [5.41, 5.74) is 0.700. The van der Waals surface area contributed by atoms with Crippen molar-refractivity contribution in [2.75, 3.05) is 14.2 Å². The number of carbonyl (C=O) groups excluding carboxylic acids is 1. The second-order valence-corrected chi connectivity index (χ2v) is 4.97. The number of ether oxygens (including phenoxy) is 2. The van der Waals surface area contributed by atoms with Crippen LogP contribution >= 0.6 is 0 Å². The first-order chi connectivity index (χ1) is 11.2. The predicted molar refractivity (Wildman–Crippen MR) is 78.1 cm³/mol. The zero-order chi connectivity index (χ0) is 18.3. The average Bonchev–Trinajstić information content (AvgIpc) is 2.50. The summed E-state index contributed by atoms with van der Waals surface area (Å²) in [6.45, 7) is 0. The molecule has 134 valence electrons. The average molecular weight is 349 g/mol. The Morgan fingerprint density at radius 3 is 2.33 bits per heavy atom. The fourth-order valence-electron chi connectivity index (χ4n) is 1.99. The Kier molecular flexibility index (Phi) is 6.87. The van der Waals surface area contributed by atoms with E-state index in [1.54, 1.807) is 18.2 Å². The largest absolute Gasteiger partial charge is 0.493 e. The number of alkyl halides is 3. The molecule has 0 saturated carbocycles. The van der Waals surface area contributed by atoms with Crippen LogP contribution in [0.15, 0.2) is 18.2 Å². The van der Waals surface area contributed by atoms with Crippen LogP contribution in [0, 0.1) is 0 Å². The zero-order valence-electron chi connectivity index (χ0n) is 13.1. The van der Waals surface area contributed by atoms with E-state index in [-0.39, 0.29) is 12.8 Å². The van der Waals surface area contributed by atoms with Crippen molar-refractivity contribution < 1.29 is 37.3 Å². The van der Waals surface area contributed by atoms with Crippen LogP contribution in [-0.2, 0) is 16.0 Å². The topological polar surface area (TPSA) is 84.9 Å². The van der Waals surface area contributed by atoms with E-state index in [9.17, 15) is 22.8 Å². The third kappa shape index (κ3) is 6.35. The molecule has 0 aliphatic heterocycles. The minimum absolute atomic E-state index is 0.156. The van der Waals surface area contributed by atoms with Gasteiger partial charge in [0, 0.05) is 6.42 Å². The minimum atomic E-state index is -4.68. The molecule has 1 amide bonds. The molecule has 1 unspecified atom stereocenters. The summed E-state index contributed by atoms with van der Waals surface area (Å²) in [5.74, 6) is -1.55. The van der Waals surface area contributed by atoms with Gasteiger partial charge in [0.1, 0.15) is 6.04 Å². The lowest BCUT2D eigenvalue weighted by molar-refractivity contribution is -0.160. The van der Waals surface area contributed by atoms with Crippen molar-refractivity contribution >= 4 is 11.9 Å². The zero-order valence-corrected chi connectivity index (χ0v) is 13.1. The van der Waals surface area contributed by atoms with Crippen molar-refractivity contribution in [2.24, 2.45) is 0 Å². The summed E-state index contributed by atoms with van der Waals surface area (Å²) in [5, 5.41) is 10.6. The first-order valence-electron chi connectivity index (χ1n) is 6.96. The van der Waals surface area contributed by atoms with Gasteiger partial charge in [-0.05, 0) is 24.1 Å². The van der Waals surface area contributed by atoms with Gasteiger partial charge in [-0.3, -0.25) is 4.79 Å². The SMILES string of the molecule is COc1ccc(CCC(=O)NC(CC(F)(F)F)C(=O)O)cc1OC. The molecular weight excluding hydrogens is 331 g/mol. The van der Waals surface area contributed by atoms with E-state index in [4.69, 9.17) is 14.6 Å². The highest BCUT2D eigenvalue weighted by Crippen LogP contribution is 2.28. The molecule has 0 radical (unpaired) electrons. The quantitative estimate of drug-likeness (QED) is 0.751. The summed E-state index contributed by atoms with van der Waals surface area (Å²) < 4.78 is 47.0. The molecule has 0 saturated heterocycles. The molecule has 2 N–H and O–H groups in total. The lowest BCUT2D eigenvalue weighted by atomic mass is 10.1. The van der Waals surface area contributed by atoms with Crippen molar-refractivity contribution in [1.82, 2.24) is 5.32 Å². The van der Waals surface area contributed by atoms with Crippen LogP contribution in [-0.4, -0.2) is 43.4 Å². The second kappa shape index (κ2) is 8.42. The van der Waals surface area contributed by atoms with E-state index < -0.39 is 30.5 Å². The van der Waals surface area contributed by atoms with Crippen molar-refractivity contribution in [3.63, 3.8) is 0 Å². The highest BCUT2D eigenvalue weighted by atomic mass is 19.4. The van der Waals surface area contributed by atoms with Gasteiger partial charge >= 0.3 is 12.1 Å². The molecule has 0 bridgehead atoms. The lowest BCUT2D eigenvalue weighted by Crippen LogP contribution is -2.43. The summed E-state index contributed by atoms with van der Waals surface area (Å²) in [7, 11) is 2.92. The summed E-state index contributed by atoms with van der Waals surface area (Å²) >= 11 is 0. The van der Waals surface area contributed by atoms with E-state index in [1.165, 1.54) is 14.2 Å². The Hall–Kier alpha value is -2.45. The van der Waals surface area contributed by atoms with Crippen LogP contribution < -0.4 is 14.8 Å². The molecule has 24 heavy (non-hydrogen) atoms. The van der Waals surface area contributed by atoms with Crippen LogP contribution in [0.2, 0.25) is 0 Å². The van der Waals surface area contributed by atoms with Crippen LogP contribution in [0.1, 0.15) is 18.4 Å². The Bertz CT molecular complexity index is 589. The van der Waals surface area contributed by atoms with Gasteiger partial charge in [-0.25, -0.2) is 4.79 Å². The molecule has 1 aromatic carbocycles. The maximum Gasteiger partial charge on any atom is 0.391 e. The molecule has 1 rings (SSSR count). The number of rotatable bonds is 8. The van der Waals surface area contributed by atoms with Gasteiger partial charge in [-0.1, -0.05) is 6.07 Å². The van der Waals surface area contributed by atoms with Gasteiger partial charge in [0.25, 0.3) is 0 Å². The first-order valence-corrected chi connectivity index (χ1v) is 6.96. The van der Waals surface area contributed by atoms with E-state index in [0.717, 1.165) is 0 Å². The van der Waals surface area contributed by atoms with E-state index >= 15 is 0 Å². The van der Waals surface area contributed by atoms with Gasteiger partial charge in [-0.15, -0.1) is 0 Å². The minimum Gasteiger partial charge on any atom is -0.493 e. The molecule has 1 aromatic rings. The fourth-order valence-corrected chi connectivity index (χ4v) is 1.99. The van der Waals surface area contributed by atoms with Crippen LogP contribution in [0.25, 0.3) is 0 Å². The Morgan fingerprint density at radius 2 is 1.83 bits per heavy atom. The van der Waals surface area contributed by atoms with Gasteiger partial charge in [0.15, 0.2) is 11.5 Å². The van der Waals surface area contributed by atoms with E-state index in [0.29, 0.717) is 17.1 Å². The van der Waals surface area contributed by atoms with Gasteiger partial charge in [-0.2, -0.15) is 13.2 Å². The first kappa shape index (κ1) is 19.6. The number of methoxy groups -OCH3 is 2. The molecule has 0 heterocycles. The van der Waals surface area contributed by atoms with Gasteiger partial charge in [0.05, 0.1) is 20.6 Å². The molecule has 0 aliphatic rings. The van der Waals surface area contributed by atoms with Crippen LogP contribution in [0.5, 0.6) is 11.5 Å². The molecule has 0 aromatic heterocycles. The number of carbonyl (C=O) groups is 2. The normalized spacial score (nSPS) is 12.4. The fraction of sp³-hybridized carbons (Fsp3) is 0.467. The molecule has 0 spiro atoms. The number of hydrogen-bond acceptors (Lipinski definition) is 4. The van der Waals surface area contributed by atoms with Gasteiger partial charge < -0.3 is 19.9 Å². The van der Waals surface area contributed by atoms with Crippen molar-refractivity contribution in [2.45, 2.75) is 31.5 Å². The number of benzene rings is 1. The second-order valence-electron chi connectivity index (χ2n) is 4.97. The lowest BCUT2D eigenvalue weighted by Gasteiger charge is -2.16. The number of carboxylic acid groups (broad SMARTS) is 1. The van der Waals surface area contributed by atoms with Crippen LogP contribution in [0.3, 0.4) is 0 Å².